The molecular weight excluding hydrogens is 176 g/mol. The third-order valence-corrected chi connectivity index (χ3v) is 1.95. The van der Waals surface area contributed by atoms with E-state index in [0.717, 1.165) is 11.3 Å². The zero-order valence-corrected chi connectivity index (χ0v) is 8.41. The molecule has 3 heteroatoms. The van der Waals surface area contributed by atoms with Gasteiger partial charge in [0.1, 0.15) is 0 Å². The second kappa shape index (κ2) is 4.64. The van der Waals surface area contributed by atoms with Crippen LogP contribution >= 0.6 is 0 Å². The summed E-state index contributed by atoms with van der Waals surface area (Å²) in [5, 5.41) is 20.9. The highest BCUT2D eigenvalue weighted by molar-refractivity contribution is 5.55. The Kier molecular flexibility index (Phi) is 3.49. The number of aliphatic hydroxyl groups is 1. The maximum Gasteiger partial charge on any atom is 0.0992 e. The van der Waals surface area contributed by atoms with Crippen LogP contribution in [0.4, 0.5) is 5.69 Å². The largest absolute Gasteiger partial charge is 0.392 e. The van der Waals surface area contributed by atoms with Gasteiger partial charge in [-0.1, -0.05) is 6.07 Å². The quantitative estimate of drug-likeness (QED) is 0.762. The first-order chi connectivity index (χ1) is 6.63. The summed E-state index contributed by atoms with van der Waals surface area (Å²) >= 11 is 0. The van der Waals surface area contributed by atoms with E-state index >= 15 is 0 Å². The standard InChI is InChI=1S/C11H14N2O/c1-8-3-4-10(6-12)5-11(8)13-7-9(2)14/h3-5,9,13-14H,7H2,1-2H3/t9-/m0/s1. The molecule has 0 heterocycles. The summed E-state index contributed by atoms with van der Waals surface area (Å²) in [4.78, 5) is 0. The van der Waals surface area contributed by atoms with Crippen LogP contribution in [-0.2, 0) is 0 Å². The molecule has 1 aromatic rings. The third kappa shape index (κ3) is 2.75. The molecule has 0 aliphatic carbocycles. The number of hydrogen-bond acceptors (Lipinski definition) is 3. The predicted molar refractivity (Wildman–Crippen MR) is 56.1 cm³/mol. The number of nitriles is 1. The maximum absolute atomic E-state index is 9.10. The second-order valence-electron chi connectivity index (χ2n) is 3.37. The maximum atomic E-state index is 9.10. The molecule has 0 unspecified atom stereocenters. The smallest absolute Gasteiger partial charge is 0.0992 e. The van der Waals surface area contributed by atoms with Crippen molar-refractivity contribution < 1.29 is 5.11 Å². The van der Waals surface area contributed by atoms with Gasteiger partial charge in [0.2, 0.25) is 0 Å². The highest BCUT2D eigenvalue weighted by Crippen LogP contribution is 2.16. The summed E-state index contributed by atoms with van der Waals surface area (Å²) in [5.41, 5.74) is 2.61. The highest BCUT2D eigenvalue weighted by Gasteiger charge is 2.01. The molecule has 0 saturated heterocycles. The Balaban J connectivity index is 2.80. The number of nitrogens with zero attached hydrogens (tertiary/aromatic N) is 1. The summed E-state index contributed by atoms with van der Waals surface area (Å²) in [7, 11) is 0. The molecule has 1 rings (SSSR count). The number of aryl methyl sites for hydroxylation is 1. The molecular formula is C11H14N2O. The summed E-state index contributed by atoms with van der Waals surface area (Å²) in [6, 6.07) is 7.54. The van der Waals surface area contributed by atoms with Crippen molar-refractivity contribution in [3.63, 3.8) is 0 Å². The average molecular weight is 190 g/mol. The average Bonchev–Trinajstić information content (AvgIpc) is 2.16. The van der Waals surface area contributed by atoms with Crippen molar-refractivity contribution >= 4 is 5.69 Å². The minimum Gasteiger partial charge on any atom is -0.392 e. The molecule has 0 aliphatic rings. The zero-order valence-electron chi connectivity index (χ0n) is 8.41. The monoisotopic (exact) mass is 190 g/mol. The van der Waals surface area contributed by atoms with E-state index in [1.54, 1.807) is 19.1 Å². The summed E-state index contributed by atoms with van der Waals surface area (Å²) in [6.07, 6.45) is -0.389. The molecule has 0 bridgehead atoms. The number of rotatable bonds is 3. The molecule has 3 nitrogen and oxygen atoms in total. The second-order valence-corrected chi connectivity index (χ2v) is 3.37. The molecule has 1 atom stereocenters. The zero-order chi connectivity index (χ0) is 10.6. The van der Waals surface area contributed by atoms with E-state index in [1.807, 2.05) is 13.0 Å². The molecule has 0 spiro atoms. The Morgan fingerprint density at radius 2 is 2.29 bits per heavy atom. The van der Waals surface area contributed by atoms with Crippen LogP contribution in [-0.4, -0.2) is 17.8 Å². The Morgan fingerprint density at radius 1 is 1.57 bits per heavy atom. The van der Waals surface area contributed by atoms with Crippen molar-refractivity contribution in [2.24, 2.45) is 0 Å². The first-order valence-electron chi connectivity index (χ1n) is 4.56. The van der Waals surface area contributed by atoms with Crippen LogP contribution in [0.1, 0.15) is 18.1 Å². The van der Waals surface area contributed by atoms with Crippen LogP contribution in [0.25, 0.3) is 0 Å². The van der Waals surface area contributed by atoms with E-state index in [-0.39, 0.29) is 6.10 Å². The molecule has 1 aromatic carbocycles. The fraction of sp³-hybridized carbons (Fsp3) is 0.364. The van der Waals surface area contributed by atoms with Crippen molar-refractivity contribution in [2.45, 2.75) is 20.0 Å². The Hall–Kier alpha value is -1.53. The molecule has 0 fully saturated rings. The lowest BCUT2D eigenvalue weighted by molar-refractivity contribution is 0.208. The van der Waals surface area contributed by atoms with Crippen LogP contribution in [0.5, 0.6) is 0 Å². The fourth-order valence-electron chi connectivity index (χ4n) is 1.14. The topological polar surface area (TPSA) is 56.0 Å². The van der Waals surface area contributed by atoms with Gasteiger partial charge < -0.3 is 10.4 Å². The lowest BCUT2D eigenvalue weighted by Gasteiger charge is -2.11. The number of aliphatic hydroxyl groups excluding tert-OH is 1. The molecule has 14 heavy (non-hydrogen) atoms. The Labute approximate surface area is 84.0 Å². The van der Waals surface area contributed by atoms with E-state index in [1.165, 1.54) is 0 Å². The third-order valence-electron chi connectivity index (χ3n) is 1.95. The van der Waals surface area contributed by atoms with Crippen LogP contribution in [0.15, 0.2) is 18.2 Å². The molecule has 0 radical (unpaired) electrons. The molecule has 0 aliphatic heterocycles. The van der Waals surface area contributed by atoms with Gasteiger partial charge in [-0.25, -0.2) is 0 Å². The number of nitrogens with one attached hydrogen (secondary N) is 1. The molecule has 0 amide bonds. The van der Waals surface area contributed by atoms with Gasteiger partial charge in [0.25, 0.3) is 0 Å². The molecule has 2 N–H and O–H groups in total. The van der Waals surface area contributed by atoms with Gasteiger partial charge >= 0.3 is 0 Å². The van der Waals surface area contributed by atoms with Gasteiger partial charge in [-0.05, 0) is 31.5 Å². The van der Waals surface area contributed by atoms with Crippen molar-refractivity contribution in [1.82, 2.24) is 0 Å². The lowest BCUT2D eigenvalue weighted by atomic mass is 10.1. The summed E-state index contributed by atoms with van der Waals surface area (Å²) in [6.45, 7) is 4.18. The van der Waals surface area contributed by atoms with Crippen molar-refractivity contribution in [3.8, 4) is 6.07 Å². The van der Waals surface area contributed by atoms with E-state index in [4.69, 9.17) is 10.4 Å². The summed E-state index contributed by atoms with van der Waals surface area (Å²) in [5.74, 6) is 0. The van der Waals surface area contributed by atoms with Crippen LogP contribution in [0.2, 0.25) is 0 Å². The number of anilines is 1. The first-order valence-corrected chi connectivity index (χ1v) is 4.56. The van der Waals surface area contributed by atoms with Gasteiger partial charge in [-0.2, -0.15) is 5.26 Å². The highest BCUT2D eigenvalue weighted by atomic mass is 16.3. The lowest BCUT2D eigenvalue weighted by Crippen LogP contribution is -2.15. The van der Waals surface area contributed by atoms with Gasteiger partial charge in [0.15, 0.2) is 0 Å². The number of benzene rings is 1. The van der Waals surface area contributed by atoms with E-state index < -0.39 is 0 Å². The Bertz CT molecular complexity index is 353. The normalized spacial score (nSPS) is 11.9. The van der Waals surface area contributed by atoms with Gasteiger partial charge in [0, 0.05) is 12.2 Å². The predicted octanol–water partition coefficient (Wildman–Crippen LogP) is 1.66. The molecule has 0 saturated carbocycles. The van der Waals surface area contributed by atoms with Crippen molar-refractivity contribution in [1.29, 1.82) is 5.26 Å². The number of hydrogen-bond donors (Lipinski definition) is 2. The van der Waals surface area contributed by atoms with Gasteiger partial charge in [0.05, 0.1) is 17.7 Å². The van der Waals surface area contributed by atoms with Crippen LogP contribution in [0.3, 0.4) is 0 Å². The van der Waals surface area contributed by atoms with Crippen molar-refractivity contribution in [3.05, 3.63) is 29.3 Å². The SMILES string of the molecule is Cc1ccc(C#N)cc1NC[C@H](C)O. The van der Waals surface area contributed by atoms with E-state index in [9.17, 15) is 0 Å². The minimum absolute atomic E-state index is 0.389. The molecule has 0 aromatic heterocycles. The summed E-state index contributed by atoms with van der Waals surface area (Å²) < 4.78 is 0. The molecule has 74 valence electrons. The van der Waals surface area contributed by atoms with Crippen LogP contribution in [0, 0.1) is 18.3 Å². The van der Waals surface area contributed by atoms with E-state index in [0.29, 0.717) is 12.1 Å². The van der Waals surface area contributed by atoms with E-state index in [2.05, 4.69) is 11.4 Å². The van der Waals surface area contributed by atoms with Gasteiger partial charge in [-0.3, -0.25) is 0 Å². The first kappa shape index (κ1) is 10.6. The van der Waals surface area contributed by atoms with Crippen molar-refractivity contribution in [2.75, 3.05) is 11.9 Å². The van der Waals surface area contributed by atoms with Crippen LogP contribution < -0.4 is 5.32 Å². The minimum atomic E-state index is -0.389. The van der Waals surface area contributed by atoms with Gasteiger partial charge in [-0.15, -0.1) is 0 Å². The Morgan fingerprint density at radius 3 is 2.86 bits per heavy atom. The fourth-order valence-corrected chi connectivity index (χ4v) is 1.14.